The van der Waals surface area contributed by atoms with Crippen LogP contribution in [0.25, 0.3) is 0 Å². The molecule has 0 saturated heterocycles. The number of rotatable bonds is 5. The number of nitro groups is 1. The van der Waals surface area contributed by atoms with E-state index in [4.69, 9.17) is 16.3 Å². The molecule has 23 heavy (non-hydrogen) atoms. The van der Waals surface area contributed by atoms with Crippen LogP contribution in [-0.4, -0.2) is 22.9 Å². The first-order valence-electron chi connectivity index (χ1n) is 6.38. The normalized spacial score (nSPS) is 11.6. The number of amides is 1. The Balaban J connectivity index is 2.05. The number of hydrogen-bond acceptors (Lipinski definition) is 6. The topological polar surface area (TPSA) is 98.5 Å². The van der Waals surface area contributed by atoms with Gasteiger partial charge < -0.3 is 10.1 Å². The summed E-state index contributed by atoms with van der Waals surface area (Å²) in [4.78, 5) is 34.3. The van der Waals surface area contributed by atoms with Crippen LogP contribution in [0.15, 0.2) is 35.7 Å². The van der Waals surface area contributed by atoms with E-state index in [2.05, 4.69) is 5.32 Å². The lowest BCUT2D eigenvalue weighted by Gasteiger charge is -2.13. The van der Waals surface area contributed by atoms with Crippen LogP contribution >= 0.6 is 22.9 Å². The Morgan fingerprint density at radius 2 is 2.13 bits per heavy atom. The molecule has 9 heteroatoms. The van der Waals surface area contributed by atoms with Gasteiger partial charge in [0.2, 0.25) is 0 Å². The quantitative estimate of drug-likeness (QED) is 0.503. The van der Waals surface area contributed by atoms with Crippen molar-refractivity contribution < 1.29 is 19.2 Å². The second-order valence-corrected chi connectivity index (χ2v) is 5.79. The number of nitro benzene ring substituents is 1. The number of carbonyl (C=O) groups is 2. The van der Waals surface area contributed by atoms with Crippen molar-refractivity contribution in [2.45, 2.75) is 13.0 Å². The molecular formula is C14H11ClN2O5S. The van der Waals surface area contributed by atoms with Crippen molar-refractivity contribution in [1.82, 2.24) is 0 Å². The Kier molecular flexibility index (Phi) is 5.30. The van der Waals surface area contributed by atoms with Gasteiger partial charge in [0.25, 0.3) is 11.6 Å². The van der Waals surface area contributed by atoms with Crippen molar-refractivity contribution >= 4 is 46.2 Å². The zero-order valence-corrected chi connectivity index (χ0v) is 13.4. The molecule has 0 fully saturated rings. The molecule has 0 aliphatic rings. The van der Waals surface area contributed by atoms with Crippen LogP contribution in [-0.2, 0) is 9.53 Å². The third-order valence-corrected chi connectivity index (χ3v) is 3.97. The molecule has 0 saturated carbocycles. The summed E-state index contributed by atoms with van der Waals surface area (Å²) in [6.45, 7) is 1.39. The molecule has 0 spiro atoms. The number of benzene rings is 1. The van der Waals surface area contributed by atoms with E-state index >= 15 is 0 Å². The van der Waals surface area contributed by atoms with Crippen LogP contribution in [0.3, 0.4) is 0 Å². The van der Waals surface area contributed by atoms with Crippen molar-refractivity contribution in [2.24, 2.45) is 0 Å². The van der Waals surface area contributed by atoms with E-state index in [1.54, 1.807) is 17.5 Å². The van der Waals surface area contributed by atoms with Gasteiger partial charge in [-0.05, 0) is 24.4 Å². The molecular weight excluding hydrogens is 344 g/mol. The number of non-ortho nitro benzene ring substituents is 1. The van der Waals surface area contributed by atoms with Crippen molar-refractivity contribution in [2.75, 3.05) is 5.32 Å². The van der Waals surface area contributed by atoms with Gasteiger partial charge in [-0.3, -0.25) is 14.9 Å². The molecule has 1 heterocycles. The molecule has 2 aromatic rings. The average molecular weight is 355 g/mol. The van der Waals surface area contributed by atoms with E-state index in [0.717, 1.165) is 6.07 Å². The van der Waals surface area contributed by atoms with Gasteiger partial charge in [0, 0.05) is 12.1 Å². The summed E-state index contributed by atoms with van der Waals surface area (Å²) in [6.07, 6.45) is -1.08. The van der Waals surface area contributed by atoms with Crippen LogP contribution in [0.4, 0.5) is 11.4 Å². The summed E-state index contributed by atoms with van der Waals surface area (Å²) < 4.78 is 5.03. The third kappa shape index (κ3) is 4.27. The van der Waals surface area contributed by atoms with Crippen molar-refractivity contribution in [3.63, 3.8) is 0 Å². The Labute approximate surface area is 140 Å². The molecule has 120 valence electrons. The molecule has 1 aromatic carbocycles. The van der Waals surface area contributed by atoms with Gasteiger partial charge in [-0.15, -0.1) is 11.3 Å². The van der Waals surface area contributed by atoms with Crippen LogP contribution in [0.5, 0.6) is 0 Å². The van der Waals surface area contributed by atoms with E-state index in [-0.39, 0.29) is 16.4 Å². The van der Waals surface area contributed by atoms with E-state index in [1.807, 2.05) is 0 Å². The summed E-state index contributed by atoms with van der Waals surface area (Å²) in [5.41, 5.74) is -0.141. The number of ether oxygens (including phenoxy) is 1. The van der Waals surface area contributed by atoms with Gasteiger partial charge in [-0.1, -0.05) is 17.7 Å². The molecule has 1 N–H and O–H groups in total. The zero-order valence-electron chi connectivity index (χ0n) is 11.8. The molecule has 2 rings (SSSR count). The van der Waals surface area contributed by atoms with E-state index < -0.39 is 22.9 Å². The van der Waals surface area contributed by atoms with Crippen molar-refractivity contribution in [3.05, 3.63) is 55.7 Å². The minimum absolute atomic E-state index is 0.0740. The highest BCUT2D eigenvalue weighted by molar-refractivity contribution is 7.11. The lowest BCUT2D eigenvalue weighted by atomic mass is 10.2. The number of halogens is 1. The number of esters is 1. The summed E-state index contributed by atoms with van der Waals surface area (Å²) in [5, 5.41) is 15.0. The van der Waals surface area contributed by atoms with Crippen molar-refractivity contribution in [1.29, 1.82) is 0 Å². The van der Waals surface area contributed by atoms with Crippen LogP contribution in [0.2, 0.25) is 5.02 Å². The Morgan fingerprint density at radius 3 is 2.74 bits per heavy atom. The smallest absolute Gasteiger partial charge is 0.349 e. The third-order valence-electron chi connectivity index (χ3n) is 2.79. The van der Waals surface area contributed by atoms with Gasteiger partial charge in [0.1, 0.15) is 4.88 Å². The van der Waals surface area contributed by atoms with Gasteiger partial charge in [-0.25, -0.2) is 4.79 Å². The summed E-state index contributed by atoms with van der Waals surface area (Å²) in [6, 6.07) is 6.92. The largest absolute Gasteiger partial charge is 0.448 e. The minimum atomic E-state index is -1.08. The monoisotopic (exact) mass is 354 g/mol. The lowest BCUT2D eigenvalue weighted by molar-refractivity contribution is -0.384. The number of carbonyl (C=O) groups excluding carboxylic acids is 2. The average Bonchev–Trinajstić information content (AvgIpc) is 3.03. The number of hydrogen-bond donors (Lipinski definition) is 1. The van der Waals surface area contributed by atoms with Crippen molar-refractivity contribution in [3.8, 4) is 0 Å². The molecule has 0 bridgehead atoms. The first-order chi connectivity index (χ1) is 10.9. The van der Waals surface area contributed by atoms with Crippen LogP contribution in [0, 0.1) is 10.1 Å². The van der Waals surface area contributed by atoms with E-state index in [9.17, 15) is 19.7 Å². The minimum Gasteiger partial charge on any atom is -0.448 e. The summed E-state index contributed by atoms with van der Waals surface area (Å²) in [5.74, 6) is -1.26. The first kappa shape index (κ1) is 16.9. The predicted molar refractivity (Wildman–Crippen MR) is 85.9 cm³/mol. The molecule has 0 unspecified atom stereocenters. The number of anilines is 1. The maximum atomic E-state index is 12.0. The Bertz CT molecular complexity index is 748. The Morgan fingerprint density at radius 1 is 1.39 bits per heavy atom. The van der Waals surface area contributed by atoms with Gasteiger partial charge in [-0.2, -0.15) is 0 Å². The lowest BCUT2D eigenvalue weighted by Crippen LogP contribution is -2.29. The van der Waals surface area contributed by atoms with Gasteiger partial charge in [0.05, 0.1) is 15.6 Å². The number of nitrogens with one attached hydrogen (secondary N) is 1. The highest BCUT2D eigenvalue weighted by Gasteiger charge is 2.21. The highest BCUT2D eigenvalue weighted by atomic mass is 35.5. The van der Waals surface area contributed by atoms with Crippen LogP contribution < -0.4 is 5.32 Å². The van der Waals surface area contributed by atoms with Gasteiger partial charge >= 0.3 is 5.97 Å². The standard InChI is InChI=1S/C14H11ClN2O5S/c1-8(22-14(19)12-3-2-6-23-12)13(18)16-11-7-9(17(20)21)4-5-10(11)15/h2-8H,1H3,(H,16,18)/t8-/m1/s1. The van der Waals surface area contributed by atoms with Gasteiger partial charge in [0.15, 0.2) is 6.10 Å². The fourth-order valence-corrected chi connectivity index (χ4v) is 2.39. The molecule has 0 aliphatic carbocycles. The fraction of sp³-hybridized carbons (Fsp3) is 0.143. The fourth-order valence-electron chi connectivity index (χ4n) is 1.62. The Hall–Kier alpha value is -2.45. The molecule has 7 nitrogen and oxygen atoms in total. The summed E-state index contributed by atoms with van der Waals surface area (Å²) in [7, 11) is 0. The highest BCUT2D eigenvalue weighted by Crippen LogP contribution is 2.27. The van der Waals surface area contributed by atoms with E-state index in [1.165, 1.54) is 30.4 Å². The zero-order chi connectivity index (χ0) is 17.0. The molecule has 1 atom stereocenters. The maximum absolute atomic E-state index is 12.0. The first-order valence-corrected chi connectivity index (χ1v) is 7.63. The second-order valence-electron chi connectivity index (χ2n) is 4.44. The second kappa shape index (κ2) is 7.21. The predicted octanol–water partition coefficient (Wildman–Crippen LogP) is 3.49. The van der Waals surface area contributed by atoms with E-state index in [0.29, 0.717) is 4.88 Å². The number of thiophene rings is 1. The SMILES string of the molecule is C[C@@H](OC(=O)c1cccs1)C(=O)Nc1cc([N+](=O)[O-])ccc1Cl. The molecule has 0 radical (unpaired) electrons. The van der Waals surface area contributed by atoms with Crippen LogP contribution in [0.1, 0.15) is 16.6 Å². The molecule has 1 amide bonds. The summed E-state index contributed by atoms with van der Waals surface area (Å²) >= 11 is 7.09. The molecule has 0 aliphatic heterocycles. The number of nitrogens with zero attached hydrogens (tertiary/aromatic N) is 1. The maximum Gasteiger partial charge on any atom is 0.349 e. The molecule has 1 aromatic heterocycles.